The van der Waals surface area contributed by atoms with E-state index in [9.17, 15) is 4.79 Å². The van der Waals surface area contributed by atoms with Gasteiger partial charge in [0.1, 0.15) is 6.61 Å². The van der Waals surface area contributed by atoms with Gasteiger partial charge in [0, 0.05) is 13.2 Å². The van der Waals surface area contributed by atoms with Crippen LogP contribution in [0.1, 0.15) is 38.5 Å². The lowest BCUT2D eigenvalue weighted by Crippen LogP contribution is -2.49. The molecule has 0 amide bonds. The second kappa shape index (κ2) is 5.78. The molecule has 0 bridgehead atoms. The van der Waals surface area contributed by atoms with Gasteiger partial charge in [-0.05, 0) is 38.1 Å². The number of methoxy groups -OCH3 is 1. The molecule has 0 unspecified atom stereocenters. The third-order valence-electron chi connectivity index (χ3n) is 4.04. The van der Waals surface area contributed by atoms with Crippen molar-refractivity contribution in [3.63, 3.8) is 0 Å². The van der Waals surface area contributed by atoms with Crippen molar-refractivity contribution in [3.05, 3.63) is 0 Å². The van der Waals surface area contributed by atoms with Crippen molar-refractivity contribution in [2.45, 2.75) is 44.6 Å². The number of rotatable bonds is 4. The molecule has 0 aromatic heterocycles. The minimum atomic E-state index is 0.230. The van der Waals surface area contributed by atoms with Gasteiger partial charge in [-0.15, -0.1) is 0 Å². The van der Waals surface area contributed by atoms with E-state index in [-0.39, 0.29) is 12.4 Å². The van der Waals surface area contributed by atoms with Crippen LogP contribution in [-0.2, 0) is 9.53 Å². The number of carbonyl (C=O) groups is 1. The Morgan fingerprint density at radius 2 is 2.00 bits per heavy atom. The van der Waals surface area contributed by atoms with E-state index in [2.05, 4.69) is 4.90 Å². The summed E-state index contributed by atoms with van der Waals surface area (Å²) in [7, 11) is 1.59. The maximum atomic E-state index is 11.6. The Kier molecular flexibility index (Phi) is 4.36. The minimum Gasteiger partial charge on any atom is -0.377 e. The number of hydrogen-bond donors (Lipinski definition) is 0. The molecule has 2 fully saturated rings. The summed E-state index contributed by atoms with van der Waals surface area (Å²) in [5.41, 5.74) is 0. The molecule has 1 aliphatic heterocycles. The number of fused-ring (bicyclic) bond motifs is 1. The van der Waals surface area contributed by atoms with Gasteiger partial charge in [-0.2, -0.15) is 0 Å². The highest BCUT2D eigenvalue weighted by atomic mass is 16.5. The van der Waals surface area contributed by atoms with Gasteiger partial charge in [0.05, 0.1) is 6.54 Å². The zero-order valence-electron chi connectivity index (χ0n) is 10.3. The van der Waals surface area contributed by atoms with Crippen molar-refractivity contribution < 1.29 is 9.53 Å². The number of likely N-dealkylation sites (tertiary alicyclic amines) is 1. The van der Waals surface area contributed by atoms with Crippen LogP contribution in [-0.4, -0.2) is 43.5 Å². The molecule has 1 saturated heterocycles. The van der Waals surface area contributed by atoms with Gasteiger partial charge in [-0.25, -0.2) is 0 Å². The lowest BCUT2D eigenvalue weighted by molar-refractivity contribution is -0.125. The van der Waals surface area contributed by atoms with E-state index in [1.54, 1.807) is 7.11 Å². The van der Waals surface area contributed by atoms with E-state index in [0.717, 1.165) is 12.5 Å². The number of piperidine rings is 1. The van der Waals surface area contributed by atoms with Crippen LogP contribution in [0.3, 0.4) is 0 Å². The highest BCUT2D eigenvalue weighted by molar-refractivity contribution is 5.81. The lowest BCUT2D eigenvalue weighted by Gasteiger charge is -2.43. The van der Waals surface area contributed by atoms with E-state index in [0.29, 0.717) is 12.6 Å². The molecule has 0 N–H and O–H groups in total. The maximum Gasteiger partial charge on any atom is 0.172 e. The topological polar surface area (TPSA) is 29.5 Å². The first-order valence-electron chi connectivity index (χ1n) is 6.56. The first kappa shape index (κ1) is 12.1. The first-order chi connectivity index (χ1) is 7.81. The fourth-order valence-electron chi connectivity index (χ4n) is 3.36. The fraction of sp³-hybridized carbons (Fsp3) is 0.923. The maximum absolute atomic E-state index is 11.6. The summed E-state index contributed by atoms with van der Waals surface area (Å²) in [4.78, 5) is 14.0. The Hall–Kier alpha value is -0.410. The van der Waals surface area contributed by atoms with Gasteiger partial charge in [0.15, 0.2) is 5.78 Å². The Morgan fingerprint density at radius 1 is 1.25 bits per heavy atom. The van der Waals surface area contributed by atoms with Gasteiger partial charge >= 0.3 is 0 Å². The van der Waals surface area contributed by atoms with Crippen LogP contribution in [0.15, 0.2) is 0 Å². The predicted molar refractivity (Wildman–Crippen MR) is 63.4 cm³/mol. The van der Waals surface area contributed by atoms with Crippen LogP contribution in [0.4, 0.5) is 0 Å². The normalized spacial score (nSPS) is 31.1. The summed E-state index contributed by atoms with van der Waals surface area (Å²) in [6.07, 6.45) is 8.04. The lowest BCUT2D eigenvalue weighted by atomic mass is 9.78. The van der Waals surface area contributed by atoms with Crippen LogP contribution in [0, 0.1) is 5.92 Å². The quantitative estimate of drug-likeness (QED) is 0.731. The van der Waals surface area contributed by atoms with Crippen LogP contribution >= 0.6 is 0 Å². The van der Waals surface area contributed by atoms with Gasteiger partial charge in [0.25, 0.3) is 0 Å². The largest absolute Gasteiger partial charge is 0.377 e. The van der Waals surface area contributed by atoms with Gasteiger partial charge in [-0.3, -0.25) is 9.69 Å². The molecule has 2 rings (SSSR count). The van der Waals surface area contributed by atoms with Gasteiger partial charge in [0.2, 0.25) is 0 Å². The molecule has 1 heterocycles. The summed E-state index contributed by atoms with van der Waals surface area (Å²) in [6, 6.07) is 0.684. The number of ether oxygens (including phenoxy) is 1. The molecular formula is C13H23NO2. The molecule has 0 radical (unpaired) electrons. The molecule has 2 atom stereocenters. The van der Waals surface area contributed by atoms with Crippen molar-refractivity contribution >= 4 is 5.78 Å². The average Bonchev–Trinajstić information content (AvgIpc) is 2.30. The molecule has 2 aliphatic rings. The van der Waals surface area contributed by atoms with Crippen LogP contribution < -0.4 is 0 Å². The SMILES string of the molecule is COCC(=O)CN1CCC[C@H]2CCCC[C@H]21. The molecule has 3 nitrogen and oxygen atoms in total. The van der Waals surface area contributed by atoms with Gasteiger partial charge < -0.3 is 4.74 Å². The molecule has 3 heteroatoms. The molecule has 92 valence electrons. The van der Waals surface area contributed by atoms with Crippen molar-refractivity contribution in [3.8, 4) is 0 Å². The molecule has 1 aliphatic carbocycles. The molecule has 1 saturated carbocycles. The number of carbonyl (C=O) groups excluding carboxylic acids is 1. The Bertz CT molecular complexity index is 240. The van der Waals surface area contributed by atoms with E-state index in [1.807, 2.05) is 0 Å². The van der Waals surface area contributed by atoms with Crippen LogP contribution in [0.5, 0.6) is 0 Å². The van der Waals surface area contributed by atoms with E-state index < -0.39 is 0 Å². The first-order valence-corrected chi connectivity index (χ1v) is 6.56. The Morgan fingerprint density at radius 3 is 2.81 bits per heavy atom. The fourth-order valence-corrected chi connectivity index (χ4v) is 3.36. The summed E-state index contributed by atoms with van der Waals surface area (Å²) in [5, 5.41) is 0. The Labute approximate surface area is 98.1 Å². The smallest absolute Gasteiger partial charge is 0.172 e. The van der Waals surface area contributed by atoms with E-state index in [4.69, 9.17) is 4.74 Å². The van der Waals surface area contributed by atoms with Crippen molar-refractivity contribution in [2.75, 3.05) is 26.8 Å². The standard InChI is InChI=1S/C13H23NO2/c1-16-10-12(15)9-14-8-4-6-11-5-2-3-7-13(11)14/h11,13H,2-10H2,1H3/t11-,13-/m1/s1. The van der Waals surface area contributed by atoms with Crippen molar-refractivity contribution in [2.24, 2.45) is 5.92 Å². The number of Topliss-reactive ketones (excluding diaryl/α,β-unsaturated/α-hetero) is 1. The van der Waals surface area contributed by atoms with E-state index >= 15 is 0 Å². The highest BCUT2D eigenvalue weighted by Gasteiger charge is 2.33. The average molecular weight is 225 g/mol. The zero-order chi connectivity index (χ0) is 11.4. The summed E-state index contributed by atoms with van der Waals surface area (Å²) < 4.78 is 4.90. The third-order valence-corrected chi connectivity index (χ3v) is 4.04. The van der Waals surface area contributed by atoms with Gasteiger partial charge in [-0.1, -0.05) is 12.8 Å². The zero-order valence-corrected chi connectivity index (χ0v) is 10.3. The van der Waals surface area contributed by atoms with Crippen LogP contribution in [0.25, 0.3) is 0 Å². The summed E-state index contributed by atoms with van der Waals surface area (Å²) in [5.74, 6) is 1.09. The third kappa shape index (κ3) is 2.83. The summed E-state index contributed by atoms with van der Waals surface area (Å²) >= 11 is 0. The van der Waals surface area contributed by atoms with Crippen LogP contribution in [0.2, 0.25) is 0 Å². The molecule has 0 aromatic carbocycles. The second-order valence-electron chi connectivity index (χ2n) is 5.20. The molecule has 0 aromatic rings. The monoisotopic (exact) mass is 225 g/mol. The van der Waals surface area contributed by atoms with Crippen molar-refractivity contribution in [1.29, 1.82) is 0 Å². The van der Waals surface area contributed by atoms with Crippen molar-refractivity contribution in [1.82, 2.24) is 4.90 Å². The molecule has 16 heavy (non-hydrogen) atoms. The minimum absolute atomic E-state index is 0.230. The molecule has 0 spiro atoms. The highest BCUT2D eigenvalue weighted by Crippen LogP contribution is 2.34. The number of nitrogens with zero attached hydrogens (tertiary/aromatic N) is 1. The predicted octanol–water partition coefficient (Wildman–Crippen LogP) is 1.86. The molecular weight excluding hydrogens is 202 g/mol. The second-order valence-corrected chi connectivity index (χ2v) is 5.20. The number of hydrogen-bond acceptors (Lipinski definition) is 3. The Balaban J connectivity index is 1.89. The number of ketones is 1. The summed E-state index contributed by atoms with van der Waals surface area (Å²) in [6.45, 7) is 1.99. The van der Waals surface area contributed by atoms with E-state index in [1.165, 1.54) is 38.5 Å².